The van der Waals surface area contributed by atoms with Crippen LogP contribution in [0.1, 0.15) is 11.1 Å². The Labute approximate surface area is 165 Å². The number of halogens is 2. The van der Waals surface area contributed by atoms with Gasteiger partial charge in [-0.15, -0.1) is 0 Å². The number of hydrogen-bond donors (Lipinski definition) is 2. The van der Waals surface area contributed by atoms with Crippen LogP contribution in [0.4, 0.5) is 14.5 Å². The van der Waals surface area contributed by atoms with Crippen molar-refractivity contribution >= 4 is 26.6 Å². The van der Waals surface area contributed by atoms with Crippen LogP contribution in [0, 0.1) is 23.5 Å². The van der Waals surface area contributed by atoms with Gasteiger partial charge in [-0.05, 0) is 48.5 Å². The third kappa shape index (κ3) is 3.81. The summed E-state index contributed by atoms with van der Waals surface area (Å²) >= 11 is 0. The molecule has 4 rings (SSSR count). The smallest absolute Gasteiger partial charge is 0.263 e. The SMILES string of the molecule is O=S(=O)(Nc1ccc(F)c(C#Cc2ccc3[nH]ccc3c2)c1F)c1cccnc1. The molecular weight excluding hydrogens is 396 g/mol. The fourth-order valence-electron chi connectivity index (χ4n) is 2.72. The summed E-state index contributed by atoms with van der Waals surface area (Å²) in [6.07, 6.45) is 4.32. The highest BCUT2D eigenvalue weighted by Crippen LogP contribution is 2.23. The molecule has 8 heteroatoms. The molecule has 0 aliphatic carbocycles. The zero-order valence-electron chi connectivity index (χ0n) is 14.8. The number of sulfonamides is 1. The maximum Gasteiger partial charge on any atom is 0.263 e. The summed E-state index contributed by atoms with van der Waals surface area (Å²) in [6.45, 7) is 0. The molecule has 0 bridgehead atoms. The number of pyridine rings is 1. The number of hydrogen-bond acceptors (Lipinski definition) is 3. The molecule has 0 atom stereocenters. The molecular formula is C21H13F2N3O2S. The molecule has 0 amide bonds. The Kier molecular flexibility index (Phi) is 4.74. The second kappa shape index (κ2) is 7.37. The van der Waals surface area contributed by atoms with Gasteiger partial charge in [0.15, 0.2) is 5.82 Å². The van der Waals surface area contributed by atoms with Crippen molar-refractivity contribution in [3.63, 3.8) is 0 Å². The average molecular weight is 409 g/mol. The van der Waals surface area contributed by atoms with Crippen LogP contribution >= 0.6 is 0 Å². The van der Waals surface area contributed by atoms with E-state index in [4.69, 9.17) is 0 Å². The maximum absolute atomic E-state index is 14.8. The number of H-pyrrole nitrogens is 1. The van der Waals surface area contributed by atoms with Gasteiger partial charge in [0.1, 0.15) is 10.7 Å². The van der Waals surface area contributed by atoms with E-state index in [2.05, 4.69) is 26.5 Å². The Morgan fingerprint density at radius 1 is 1.03 bits per heavy atom. The van der Waals surface area contributed by atoms with Gasteiger partial charge in [0.05, 0.1) is 11.3 Å². The van der Waals surface area contributed by atoms with E-state index in [1.165, 1.54) is 18.3 Å². The quantitative estimate of drug-likeness (QED) is 0.502. The van der Waals surface area contributed by atoms with Gasteiger partial charge < -0.3 is 4.98 Å². The average Bonchev–Trinajstić information content (AvgIpc) is 3.18. The highest BCUT2D eigenvalue weighted by Gasteiger charge is 2.19. The fourth-order valence-corrected chi connectivity index (χ4v) is 3.74. The van der Waals surface area contributed by atoms with Crippen molar-refractivity contribution < 1.29 is 17.2 Å². The first-order valence-electron chi connectivity index (χ1n) is 8.44. The van der Waals surface area contributed by atoms with Gasteiger partial charge in [0.25, 0.3) is 10.0 Å². The summed E-state index contributed by atoms with van der Waals surface area (Å²) in [5, 5.41) is 0.913. The number of anilines is 1. The van der Waals surface area contributed by atoms with Gasteiger partial charge in [-0.3, -0.25) is 9.71 Å². The molecule has 5 nitrogen and oxygen atoms in total. The van der Waals surface area contributed by atoms with Crippen LogP contribution in [0.2, 0.25) is 0 Å². The summed E-state index contributed by atoms with van der Waals surface area (Å²) in [6, 6.07) is 11.9. The third-order valence-corrected chi connectivity index (χ3v) is 5.52. The monoisotopic (exact) mass is 409 g/mol. The number of nitrogens with one attached hydrogen (secondary N) is 2. The highest BCUT2D eigenvalue weighted by molar-refractivity contribution is 7.92. The van der Waals surface area contributed by atoms with E-state index in [9.17, 15) is 17.2 Å². The summed E-state index contributed by atoms with van der Waals surface area (Å²) in [4.78, 5) is 6.63. The first kappa shape index (κ1) is 18.7. The maximum atomic E-state index is 14.8. The van der Waals surface area contributed by atoms with Crippen LogP contribution in [0.5, 0.6) is 0 Å². The normalized spacial score (nSPS) is 11.1. The number of fused-ring (bicyclic) bond motifs is 1. The van der Waals surface area contributed by atoms with Crippen molar-refractivity contribution in [2.75, 3.05) is 4.72 Å². The third-order valence-electron chi connectivity index (χ3n) is 4.17. The van der Waals surface area contributed by atoms with E-state index in [1.807, 2.05) is 12.1 Å². The first-order valence-corrected chi connectivity index (χ1v) is 9.92. The molecule has 2 aromatic heterocycles. The number of aromatic amines is 1. The van der Waals surface area contributed by atoms with Crippen LogP contribution < -0.4 is 4.72 Å². The molecule has 2 N–H and O–H groups in total. The molecule has 0 aliphatic rings. The topological polar surface area (TPSA) is 74.8 Å². The largest absolute Gasteiger partial charge is 0.361 e. The van der Waals surface area contributed by atoms with Gasteiger partial charge in [-0.2, -0.15) is 0 Å². The van der Waals surface area contributed by atoms with E-state index in [1.54, 1.807) is 18.3 Å². The van der Waals surface area contributed by atoms with E-state index >= 15 is 0 Å². The van der Waals surface area contributed by atoms with Gasteiger partial charge in [0, 0.05) is 35.1 Å². The summed E-state index contributed by atoms with van der Waals surface area (Å²) in [5.74, 6) is 3.20. The van der Waals surface area contributed by atoms with Gasteiger partial charge in [-0.1, -0.05) is 11.8 Å². The summed E-state index contributed by atoms with van der Waals surface area (Å²) in [5.41, 5.74) is 0.558. The Morgan fingerprint density at radius 3 is 2.69 bits per heavy atom. The number of aromatic nitrogens is 2. The molecule has 0 unspecified atom stereocenters. The summed E-state index contributed by atoms with van der Waals surface area (Å²) < 4.78 is 55.8. The number of benzene rings is 2. The van der Waals surface area contributed by atoms with E-state index < -0.39 is 32.9 Å². The first-order chi connectivity index (χ1) is 13.9. The molecule has 4 aromatic rings. The minimum absolute atomic E-state index is 0.142. The van der Waals surface area contributed by atoms with Crippen molar-refractivity contribution in [3.05, 3.63) is 89.9 Å². The van der Waals surface area contributed by atoms with Gasteiger partial charge in [-0.25, -0.2) is 17.2 Å². The lowest BCUT2D eigenvalue weighted by atomic mass is 10.1. The van der Waals surface area contributed by atoms with Crippen molar-refractivity contribution in [1.29, 1.82) is 0 Å². The molecule has 29 heavy (non-hydrogen) atoms. The van der Waals surface area contributed by atoms with Crippen molar-refractivity contribution in [3.8, 4) is 11.8 Å². The molecule has 0 saturated carbocycles. The minimum Gasteiger partial charge on any atom is -0.361 e. The molecule has 2 heterocycles. The van der Waals surface area contributed by atoms with Gasteiger partial charge >= 0.3 is 0 Å². The molecule has 144 valence electrons. The zero-order chi connectivity index (χ0) is 20.4. The predicted molar refractivity (Wildman–Crippen MR) is 106 cm³/mol. The second-order valence-corrected chi connectivity index (χ2v) is 7.79. The van der Waals surface area contributed by atoms with Gasteiger partial charge in [0.2, 0.25) is 0 Å². The van der Waals surface area contributed by atoms with Crippen molar-refractivity contribution in [1.82, 2.24) is 9.97 Å². The number of rotatable bonds is 3. The van der Waals surface area contributed by atoms with Crippen LogP contribution in [-0.4, -0.2) is 18.4 Å². The van der Waals surface area contributed by atoms with Crippen LogP contribution in [-0.2, 0) is 10.0 Å². The summed E-state index contributed by atoms with van der Waals surface area (Å²) in [7, 11) is -4.08. The zero-order valence-corrected chi connectivity index (χ0v) is 15.6. The van der Waals surface area contributed by atoms with Crippen LogP contribution in [0.25, 0.3) is 10.9 Å². The van der Waals surface area contributed by atoms with E-state index in [0.717, 1.165) is 29.2 Å². The van der Waals surface area contributed by atoms with E-state index in [-0.39, 0.29) is 4.90 Å². The Morgan fingerprint density at radius 2 is 1.90 bits per heavy atom. The fraction of sp³-hybridized carbons (Fsp3) is 0. The minimum atomic E-state index is -4.08. The van der Waals surface area contributed by atoms with E-state index in [0.29, 0.717) is 5.56 Å². The lowest BCUT2D eigenvalue weighted by Gasteiger charge is -2.10. The molecule has 0 fully saturated rings. The number of nitrogens with zero attached hydrogens (tertiary/aromatic N) is 1. The highest BCUT2D eigenvalue weighted by atomic mass is 32.2. The Bertz CT molecular complexity index is 1370. The predicted octanol–water partition coefficient (Wildman–Crippen LogP) is 4.04. The standard InChI is InChI=1S/C21H13F2N3O2S/c22-18-6-8-20(26-29(27,28)16-2-1-10-24-13-16)21(23)17(18)5-3-14-4-7-19-15(12-14)9-11-25-19/h1-2,4,6-13,25-26H. The molecule has 2 aromatic carbocycles. The molecule has 0 aliphatic heterocycles. The Balaban J connectivity index is 1.69. The lowest BCUT2D eigenvalue weighted by Crippen LogP contribution is -2.14. The molecule has 0 saturated heterocycles. The second-order valence-electron chi connectivity index (χ2n) is 6.11. The van der Waals surface area contributed by atoms with Crippen LogP contribution in [0.3, 0.4) is 0 Å². The van der Waals surface area contributed by atoms with Crippen molar-refractivity contribution in [2.24, 2.45) is 0 Å². The molecule has 0 spiro atoms. The Hall–Kier alpha value is -3.70. The van der Waals surface area contributed by atoms with Crippen molar-refractivity contribution in [2.45, 2.75) is 4.90 Å². The molecule has 0 radical (unpaired) electrons. The lowest BCUT2D eigenvalue weighted by molar-refractivity contribution is 0.578. The van der Waals surface area contributed by atoms with Crippen LogP contribution in [0.15, 0.2) is 72.0 Å².